The lowest BCUT2D eigenvalue weighted by molar-refractivity contribution is 0.0600. The van der Waals surface area contributed by atoms with Crippen LogP contribution in [0.25, 0.3) is 10.9 Å². The molecule has 142 valence electrons. The third-order valence-electron chi connectivity index (χ3n) is 5.44. The number of benzene rings is 1. The second-order valence-corrected chi connectivity index (χ2v) is 7.42. The largest absolute Gasteiger partial charge is 0.453 e. The fourth-order valence-corrected chi connectivity index (χ4v) is 4.27. The van der Waals surface area contributed by atoms with E-state index < -0.39 is 0 Å². The first-order valence-corrected chi connectivity index (χ1v) is 9.69. The average molecular weight is 388 g/mol. The molecule has 1 aliphatic carbocycles. The lowest BCUT2D eigenvalue weighted by atomic mass is 9.94. The molecule has 0 N–H and O–H groups in total. The Balaban J connectivity index is 1.57. The second kappa shape index (κ2) is 7.35. The van der Waals surface area contributed by atoms with Gasteiger partial charge in [0.2, 0.25) is 0 Å². The van der Waals surface area contributed by atoms with Crippen molar-refractivity contribution >= 4 is 34.5 Å². The Labute approximate surface area is 163 Å². The Morgan fingerprint density at radius 2 is 1.78 bits per heavy atom. The fraction of sp³-hybridized carbons (Fsp3) is 0.450. The molecular weight excluding hydrogens is 366 g/mol. The standard InChI is InChI=1S/C20H22ClN3O3/c1-27-20(26)24-10-8-23(9-11-24)19(25)13-6-7-15-17(12-13)22-16-5-3-2-4-14(16)18(15)21/h6-7,12H,2-5,8-11H2,1H3. The highest BCUT2D eigenvalue weighted by molar-refractivity contribution is 6.36. The van der Waals surface area contributed by atoms with E-state index in [9.17, 15) is 9.59 Å². The van der Waals surface area contributed by atoms with Gasteiger partial charge in [-0.1, -0.05) is 17.7 Å². The summed E-state index contributed by atoms with van der Waals surface area (Å²) in [6.07, 6.45) is 3.84. The number of hydrogen-bond donors (Lipinski definition) is 0. The van der Waals surface area contributed by atoms with Crippen LogP contribution in [-0.2, 0) is 17.6 Å². The first-order chi connectivity index (χ1) is 13.1. The molecule has 2 aromatic rings. The number of amides is 2. The molecule has 0 atom stereocenters. The summed E-state index contributed by atoms with van der Waals surface area (Å²) < 4.78 is 4.74. The van der Waals surface area contributed by atoms with Crippen LogP contribution in [0.1, 0.15) is 34.5 Å². The molecule has 1 aromatic carbocycles. The van der Waals surface area contributed by atoms with Gasteiger partial charge < -0.3 is 14.5 Å². The van der Waals surface area contributed by atoms with Crippen molar-refractivity contribution in [1.82, 2.24) is 14.8 Å². The van der Waals surface area contributed by atoms with Crippen molar-refractivity contribution in [3.05, 3.63) is 40.0 Å². The molecule has 6 nitrogen and oxygen atoms in total. The highest BCUT2D eigenvalue weighted by atomic mass is 35.5. The molecule has 0 radical (unpaired) electrons. The molecule has 0 unspecified atom stereocenters. The number of methoxy groups -OCH3 is 1. The topological polar surface area (TPSA) is 62.7 Å². The van der Waals surface area contributed by atoms with Gasteiger partial charge >= 0.3 is 6.09 Å². The Morgan fingerprint density at radius 1 is 1.07 bits per heavy atom. The normalized spacial score (nSPS) is 17.0. The van der Waals surface area contributed by atoms with Gasteiger partial charge in [0, 0.05) is 42.8 Å². The van der Waals surface area contributed by atoms with Crippen molar-refractivity contribution in [3.63, 3.8) is 0 Å². The number of aryl methyl sites for hydroxylation is 1. The molecule has 0 spiro atoms. The smallest absolute Gasteiger partial charge is 0.409 e. The van der Waals surface area contributed by atoms with Crippen molar-refractivity contribution in [2.75, 3.05) is 33.3 Å². The number of ether oxygens (including phenoxy) is 1. The Morgan fingerprint density at radius 3 is 2.52 bits per heavy atom. The number of carbonyl (C=O) groups is 2. The zero-order valence-corrected chi connectivity index (χ0v) is 16.1. The first kappa shape index (κ1) is 18.0. The monoisotopic (exact) mass is 387 g/mol. The summed E-state index contributed by atoms with van der Waals surface area (Å²) in [7, 11) is 1.37. The van der Waals surface area contributed by atoms with Gasteiger partial charge in [0.1, 0.15) is 0 Å². The predicted octanol–water partition coefficient (Wildman–Crippen LogP) is 3.29. The lowest BCUT2D eigenvalue weighted by Crippen LogP contribution is -2.50. The number of piperazine rings is 1. The number of hydrogen-bond acceptors (Lipinski definition) is 4. The molecule has 0 bridgehead atoms. The molecular formula is C20H22ClN3O3. The maximum Gasteiger partial charge on any atom is 0.409 e. The van der Waals surface area contributed by atoms with E-state index in [1.54, 1.807) is 9.80 Å². The number of aromatic nitrogens is 1. The van der Waals surface area contributed by atoms with Crippen molar-refractivity contribution in [2.45, 2.75) is 25.7 Å². The van der Waals surface area contributed by atoms with E-state index in [2.05, 4.69) is 0 Å². The summed E-state index contributed by atoms with van der Waals surface area (Å²) in [5.41, 5.74) is 3.61. The Kier molecular flexibility index (Phi) is 4.91. The average Bonchev–Trinajstić information content (AvgIpc) is 2.72. The third kappa shape index (κ3) is 3.34. The number of fused-ring (bicyclic) bond motifs is 2. The van der Waals surface area contributed by atoms with Gasteiger partial charge in [-0.05, 0) is 43.4 Å². The van der Waals surface area contributed by atoms with Crippen LogP contribution in [-0.4, -0.2) is 60.1 Å². The number of nitrogens with zero attached hydrogens (tertiary/aromatic N) is 3. The molecule has 1 aliphatic heterocycles. The van der Waals surface area contributed by atoms with Crippen LogP contribution in [0.3, 0.4) is 0 Å². The zero-order valence-electron chi connectivity index (χ0n) is 15.3. The highest BCUT2D eigenvalue weighted by Crippen LogP contribution is 2.33. The van der Waals surface area contributed by atoms with Gasteiger partial charge in [-0.2, -0.15) is 0 Å². The van der Waals surface area contributed by atoms with E-state index in [0.717, 1.165) is 52.9 Å². The van der Waals surface area contributed by atoms with Gasteiger partial charge in [-0.25, -0.2) is 4.79 Å². The summed E-state index contributed by atoms with van der Waals surface area (Å²) in [5.74, 6) is -0.0444. The third-order valence-corrected chi connectivity index (χ3v) is 5.87. The number of carbonyl (C=O) groups excluding carboxylic acids is 2. The summed E-state index contributed by atoms with van der Waals surface area (Å²) in [5, 5.41) is 1.68. The molecule has 4 rings (SSSR count). The molecule has 1 saturated heterocycles. The van der Waals surface area contributed by atoms with Gasteiger partial charge in [0.05, 0.1) is 17.6 Å². The van der Waals surface area contributed by atoms with E-state index in [1.807, 2.05) is 18.2 Å². The summed E-state index contributed by atoms with van der Waals surface area (Å²) >= 11 is 6.61. The SMILES string of the molecule is COC(=O)N1CCN(C(=O)c2ccc3c(Cl)c4c(nc3c2)CCCC4)CC1. The van der Waals surface area contributed by atoms with Gasteiger partial charge in [-0.3, -0.25) is 9.78 Å². The van der Waals surface area contributed by atoms with Gasteiger partial charge in [0.25, 0.3) is 5.91 Å². The lowest BCUT2D eigenvalue weighted by Gasteiger charge is -2.33. The maximum atomic E-state index is 12.9. The van der Waals surface area contributed by atoms with Crippen molar-refractivity contribution in [1.29, 1.82) is 0 Å². The molecule has 2 heterocycles. The second-order valence-electron chi connectivity index (χ2n) is 7.04. The molecule has 1 aromatic heterocycles. The minimum atomic E-state index is -0.351. The molecule has 27 heavy (non-hydrogen) atoms. The minimum absolute atomic E-state index is 0.0444. The number of pyridine rings is 1. The predicted molar refractivity (Wildman–Crippen MR) is 103 cm³/mol. The molecule has 0 saturated carbocycles. The van der Waals surface area contributed by atoms with Crippen LogP contribution in [0.4, 0.5) is 4.79 Å². The Bertz CT molecular complexity index is 907. The van der Waals surface area contributed by atoms with Crippen molar-refractivity contribution in [3.8, 4) is 0 Å². The summed E-state index contributed by atoms with van der Waals surface area (Å²) in [4.78, 5) is 32.6. The van der Waals surface area contributed by atoms with Crippen LogP contribution < -0.4 is 0 Å². The van der Waals surface area contributed by atoms with E-state index in [1.165, 1.54) is 7.11 Å². The van der Waals surface area contributed by atoms with E-state index >= 15 is 0 Å². The Hall–Kier alpha value is -2.34. The highest BCUT2D eigenvalue weighted by Gasteiger charge is 2.26. The van der Waals surface area contributed by atoms with Crippen molar-refractivity contribution < 1.29 is 14.3 Å². The van der Waals surface area contributed by atoms with Gasteiger partial charge in [0.15, 0.2) is 0 Å². The van der Waals surface area contributed by atoms with Gasteiger partial charge in [-0.15, -0.1) is 0 Å². The summed E-state index contributed by atoms with van der Waals surface area (Å²) in [6, 6.07) is 5.56. The minimum Gasteiger partial charge on any atom is -0.453 e. The van der Waals surface area contributed by atoms with E-state index in [4.69, 9.17) is 21.3 Å². The van der Waals surface area contributed by atoms with E-state index in [-0.39, 0.29) is 12.0 Å². The first-order valence-electron chi connectivity index (χ1n) is 9.31. The number of rotatable bonds is 1. The quantitative estimate of drug-likeness (QED) is 0.753. The maximum absolute atomic E-state index is 12.9. The number of halogens is 1. The van der Waals surface area contributed by atoms with Crippen LogP contribution in [0.5, 0.6) is 0 Å². The summed E-state index contributed by atoms with van der Waals surface area (Å²) in [6.45, 7) is 1.93. The molecule has 2 amide bonds. The zero-order chi connectivity index (χ0) is 19.0. The molecule has 1 fully saturated rings. The van der Waals surface area contributed by atoms with Crippen LogP contribution in [0.15, 0.2) is 18.2 Å². The molecule has 7 heteroatoms. The van der Waals surface area contributed by atoms with Crippen molar-refractivity contribution in [2.24, 2.45) is 0 Å². The van der Waals surface area contributed by atoms with Crippen LogP contribution >= 0.6 is 11.6 Å². The fourth-order valence-electron chi connectivity index (χ4n) is 3.90. The van der Waals surface area contributed by atoms with Crippen LogP contribution in [0, 0.1) is 0 Å². The molecule has 2 aliphatic rings. The van der Waals surface area contributed by atoms with E-state index in [0.29, 0.717) is 31.7 Å². The van der Waals surface area contributed by atoms with Crippen LogP contribution in [0.2, 0.25) is 5.02 Å².